The molecule has 2 aromatic carbocycles. The first-order chi connectivity index (χ1) is 21.1. The second-order valence-electron chi connectivity index (χ2n) is 13.9. The average molecular weight is 678 g/mol. The number of aromatic nitrogens is 2. The van der Waals surface area contributed by atoms with Gasteiger partial charge in [-0.25, -0.2) is 4.79 Å². The summed E-state index contributed by atoms with van der Waals surface area (Å²) in [7, 11) is -1.14. The molecule has 0 fully saturated rings. The summed E-state index contributed by atoms with van der Waals surface area (Å²) in [4.78, 5) is 14.2. The zero-order chi connectivity index (χ0) is 33.4. The van der Waals surface area contributed by atoms with E-state index in [9.17, 15) is 4.79 Å². The number of esters is 1. The first-order valence-corrected chi connectivity index (χ1v) is 20.3. The molecule has 0 aliphatic carbocycles. The zero-order valence-electron chi connectivity index (χ0n) is 28.6. The Morgan fingerprint density at radius 1 is 0.933 bits per heavy atom. The minimum absolute atomic E-state index is 0.0265. The van der Waals surface area contributed by atoms with Crippen LogP contribution in [0.4, 0.5) is 11.4 Å². The summed E-state index contributed by atoms with van der Waals surface area (Å²) < 4.78 is 19.0. The maximum absolute atomic E-state index is 11.9. The fraction of sp³-hybridized carbons (Fsp3) is 0.543. The van der Waals surface area contributed by atoms with Gasteiger partial charge in [-0.1, -0.05) is 59.7 Å². The van der Waals surface area contributed by atoms with Gasteiger partial charge in [0.25, 0.3) is 6.73 Å². The molecule has 0 spiro atoms. The molecule has 1 heterocycles. The van der Waals surface area contributed by atoms with Gasteiger partial charge in [0.1, 0.15) is 12.2 Å². The second-order valence-corrected chi connectivity index (χ2v) is 20.4. The molecule has 10 heteroatoms. The largest absolute Gasteiger partial charge is 0.458 e. The van der Waals surface area contributed by atoms with E-state index in [1.54, 1.807) is 0 Å². The third kappa shape index (κ3) is 11.7. The number of aromatic amines is 1. The Kier molecular flexibility index (Phi) is 13.6. The van der Waals surface area contributed by atoms with Crippen molar-refractivity contribution in [3.63, 3.8) is 0 Å². The van der Waals surface area contributed by atoms with Gasteiger partial charge in [-0.15, -0.1) is 0 Å². The van der Waals surface area contributed by atoms with Crippen LogP contribution in [0.15, 0.2) is 36.4 Å². The van der Waals surface area contributed by atoms with Crippen molar-refractivity contribution >= 4 is 48.6 Å². The van der Waals surface area contributed by atoms with E-state index in [2.05, 4.69) is 73.3 Å². The Morgan fingerprint density at radius 3 is 2.33 bits per heavy atom. The van der Waals surface area contributed by atoms with Gasteiger partial charge >= 0.3 is 5.97 Å². The van der Waals surface area contributed by atoms with E-state index in [1.807, 2.05) is 39.0 Å². The van der Waals surface area contributed by atoms with E-state index >= 15 is 0 Å². The molecule has 0 aliphatic heterocycles. The maximum atomic E-state index is 11.9. The number of hydrogen-bond acceptors (Lipinski definition) is 5. The Balaban J connectivity index is 1.76. The molecule has 248 valence electrons. The SMILES string of the molecule is Cc1ccc(-c2c(C)[nH][n+](COCC[Si](C)(C)C)c2C)cc1N(CCCCCOCC(=O)OC(C)(C)C)c1ccc(Cl)c(Cl)c1. The molecule has 45 heavy (non-hydrogen) atoms. The fourth-order valence-corrected chi connectivity index (χ4v) is 6.16. The topological polar surface area (TPSA) is 67.7 Å². The van der Waals surface area contributed by atoms with Gasteiger partial charge in [0, 0.05) is 39.5 Å². The standard InChI is InChI=1S/C35H51Cl2N3O4Si/c1-25-13-14-28(34-26(2)38-40(27(34)3)24-43-19-20-45(7,8)9)21-32(25)39(29-15-16-30(36)31(37)22-29)17-11-10-12-18-42-23-33(41)44-35(4,5)6/h13-16,21-22H,10-12,17-20,23-24H2,1-9H3/p+1. The number of nitrogens with zero attached hydrogens (tertiary/aromatic N) is 2. The highest BCUT2D eigenvalue weighted by Crippen LogP contribution is 2.36. The minimum Gasteiger partial charge on any atom is -0.458 e. The van der Waals surface area contributed by atoms with Gasteiger partial charge in [0.15, 0.2) is 0 Å². The summed E-state index contributed by atoms with van der Waals surface area (Å²) in [5.74, 6) is -0.336. The number of H-pyrrole nitrogens is 1. The summed E-state index contributed by atoms with van der Waals surface area (Å²) in [6.07, 6.45) is 2.72. The number of anilines is 2. The molecule has 0 unspecified atom stereocenters. The van der Waals surface area contributed by atoms with Crippen LogP contribution in [0.1, 0.15) is 57.0 Å². The smallest absolute Gasteiger partial charge is 0.332 e. The average Bonchev–Trinajstić information content (AvgIpc) is 3.21. The number of benzene rings is 2. The Labute approximate surface area is 281 Å². The van der Waals surface area contributed by atoms with Gasteiger partial charge in [-0.3, -0.25) is 0 Å². The van der Waals surface area contributed by atoms with Crippen molar-refractivity contribution in [1.29, 1.82) is 0 Å². The monoisotopic (exact) mass is 676 g/mol. The summed E-state index contributed by atoms with van der Waals surface area (Å²) in [5.41, 5.74) is 7.32. The highest BCUT2D eigenvalue weighted by atomic mass is 35.5. The first-order valence-electron chi connectivity index (χ1n) is 15.9. The summed E-state index contributed by atoms with van der Waals surface area (Å²) in [6, 6.07) is 13.6. The number of ether oxygens (including phenoxy) is 3. The van der Waals surface area contributed by atoms with Crippen LogP contribution in [0.25, 0.3) is 11.1 Å². The molecule has 0 saturated heterocycles. The number of hydrogen-bond donors (Lipinski definition) is 1. The summed E-state index contributed by atoms with van der Waals surface area (Å²) in [6.45, 7) is 21.6. The molecule has 1 N–H and O–H groups in total. The van der Waals surface area contributed by atoms with E-state index in [4.69, 9.17) is 37.4 Å². The minimum atomic E-state index is -1.14. The van der Waals surface area contributed by atoms with Crippen LogP contribution in [0.3, 0.4) is 0 Å². The number of nitrogens with one attached hydrogen (secondary N) is 1. The van der Waals surface area contributed by atoms with E-state index < -0.39 is 13.7 Å². The van der Waals surface area contributed by atoms with Crippen LogP contribution in [-0.4, -0.2) is 51.1 Å². The molecule has 0 saturated carbocycles. The van der Waals surface area contributed by atoms with Gasteiger partial charge in [0.05, 0.1) is 27.9 Å². The molecule has 0 atom stereocenters. The lowest BCUT2D eigenvalue weighted by molar-refractivity contribution is -0.786. The van der Waals surface area contributed by atoms with Crippen LogP contribution >= 0.6 is 23.2 Å². The number of halogens is 2. The predicted molar refractivity (Wildman–Crippen MR) is 189 cm³/mol. The molecule has 0 amide bonds. The van der Waals surface area contributed by atoms with Gasteiger partial charge in [-0.2, -0.15) is 5.10 Å². The van der Waals surface area contributed by atoms with Gasteiger partial charge in [0.2, 0.25) is 5.69 Å². The number of unbranched alkanes of at least 4 members (excludes halogenated alkanes) is 2. The molecular weight excluding hydrogens is 625 g/mol. The fourth-order valence-electron chi connectivity index (χ4n) is 5.11. The number of aryl methyl sites for hydroxylation is 2. The Bertz CT molecular complexity index is 1430. The van der Waals surface area contributed by atoms with E-state index in [1.165, 1.54) is 11.1 Å². The molecule has 0 bridgehead atoms. The van der Waals surface area contributed by atoms with E-state index in [0.29, 0.717) is 23.4 Å². The van der Waals surface area contributed by atoms with Crippen LogP contribution in [0.5, 0.6) is 0 Å². The van der Waals surface area contributed by atoms with Crippen LogP contribution < -0.4 is 9.58 Å². The quantitative estimate of drug-likeness (QED) is 0.0709. The third-order valence-corrected chi connectivity index (χ3v) is 9.92. The molecular formula is C35H52Cl2N3O4Si+. The number of carbonyl (C=O) groups excluding carboxylic acids is 1. The highest BCUT2D eigenvalue weighted by molar-refractivity contribution is 6.76. The lowest BCUT2D eigenvalue weighted by Gasteiger charge is -2.28. The van der Waals surface area contributed by atoms with Crippen molar-refractivity contribution < 1.29 is 23.7 Å². The molecule has 3 aromatic rings. The Morgan fingerprint density at radius 2 is 1.67 bits per heavy atom. The number of rotatable bonds is 16. The van der Waals surface area contributed by atoms with Crippen molar-refractivity contribution in [3.05, 3.63) is 63.4 Å². The van der Waals surface area contributed by atoms with Crippen molar-refractivity contribution in [2.24, 2.45) is 0 Å². The van der Waals surface area contributed by atoms with Crippen molar-refractivity contribution in [1.82, 2.24) is 5.10 Å². The van der Waals surface area contributed by atoms with Crippen molar-refractivity contribution in [2.75, 3.05) is 31.3 Å². The molecule has 0 radical (unpaired) electrons. The predicted octanol–water partition coefficient (Wildman–Crippen LogP) is 9.18. The van der Waals surface area contributed by atoms with Gasteiger partial charge in [-0.05, 0) is 95.3 Å². The third-order valence-electron chi connectivity index (χ3n) is 7.47. The summed E-state index contributed by atoms with van der Waals surface area (Å²) >= 11 is 12.8. The van der Waals surface area contributed by atoms with Crippen LogP contribution in [0.2, 0.25) is 35.7 Å². The van der Waals surface area contributed by atoms with Crippen molar-refractivity contribution in [2.45, 2.75) is 98.8 Å². The summed E-state index contributed by atoms with van der Waals surface area (Å²) in [5, 5.41) is 4.57. The second kappa shape index (κ2) is 16.5. The molecule has 3 rings (SSSR count). The first kappa shape index (κ1) is 37.1. The normalized spacial score (nSPS) is 12.1. The number of carbonyl (C=O) groups is 1. The van der Waals surface area contributed by atoms with Crippen LogP contribution in [0, 0.1) is 20.8 Å². The van der Waals surface area contributed by atoms with Gasteiger partial charge < -0.3 is 19.1 Å². The van der Waals surface area contributed by atoms with Crippen molar-refractivity contribution in [3.8, 4) is 11.1 Å². The lowest BCUT2D eigenvalue weighted by atomic mass is 10.00. The maximum Gasteiger partial charge on any atom is 0.332 e. The van der Waals surface area contributed by atoms with E-state index in [-0.39, 0.29) is 12.6 Å². The zero-order valence-corrected chi connectivity index (χ0v) is 31.1. The molecule has 1 aromatic heterocycles. The molecule has 0 aliphatic rings. The highest BCUT2D eigenvalue weighted by Gasteiger charge is 2.23. The molecule has 7 nitrogen and oxygen atoms in total. The lowest BCUT2D eigenvalue weighted by Crippen LogP contribution is -2.40. The van der Waals surface area contributed by atoms with Crippen LogP contribution in [-0.2, 0) is 25.7 Å². The Hall–Kier alpha value is -2.36. The van der Waals surface area contributed by atoms with E-state index in [0.717, 1.165) is 66.8 Å².